The number of fused-ring (bicyclic) bond motifs is 2. The second kappa shape index (κ2) is 6.09. The van der Waals surface area contributed by atoms with Crippen molar-refractivity contribution in [2.24, 2.45) is 11.3 Å². The van der Waals surface area contributed by atoms with Crippen molar-refractivity contribution in [2.75, 3.05) is 33.0 Å². The Balaban J connectivity index is 1.32. The molecule has 1 heterocycles. The zero-order chi connectivity index (χ0) is 13.0. The van der Waals surface area contributed by atoms with Gasteiger partial charge in [-0.1, -0.05) is 24.0 Å². The number of hydrogen-bond acceptors (Lipinski definition) is 3. The smallest absolute Gasteiger partial charge is 0.107 e. The molecular formula is C16H22O3. The fourth-order valence-electron chi connectivity index (χ4n) is 3.24. The molecule has 3 atom stereocenters. The summed E-state index contributed by atoms with van der Waals surface area (Å²) in [5.74, 6) is 7.25. The van der Waals surface area contributed by atoms with Crippen LogP contribution in [0.25, 0.3) is 0 Å². The van der Waals surface area contributed by atoms with Crippen LogP contribution in [0.5, 0.6) is 0 Å². The molecule has 3 nitrogen and oxygen atoms in total. The summed E-state index contributed by atoms with van der Waals surface area (Å²) in [7, 11) is 0. The van der Waals surface area contributed by atoms with Crippen LogP contribution >= 0.6 is 0 Å². The quantitative estimate of drug-likeness (QED) is 0.441. The summed E-state index contributed by atoms with van der Waals surface area (Å²) in [5, 5.41) is 0. The van der Waals surface area contributed by atoms with Crippen molar-refractivity contribution in [3.8, 4) is 11.8 Å². The van der Waals surface area contributed by atoms with Gasteiger partial charge in [-0.05, 0) is 30.6 Å². The van der Waals surface area contributed by atoms with E-state index in [1.807, 2.05) is 0 Å². The van der Waals surface area contributed by atoms with Gasteiger partial charge in [-0.15, -0.1) is 0 Å². The molecule has 2 fully saturated rings. The molecule has 3 aliphatic rings. The van der Waals surface area contributed by atoms with E-state index in [4.69, 9.17) is 14.2 Å². The highest BCUT2D eigenvalue weighted by Crippen LogP contribution is 2.50. The summed E-state index contributed by atoms with van der Waals surface area (Å²) in [6.45, 7) is 3.11. The molecule has 3 unspecified atom stereocenters. The summed E-state index contributed by atoms with van der Waals surface area (Å²) < 4.78 is 16.3. The molecule has 0 aromatic rings. The first-order valence-corrected chi connectivity index (χ1v) is 7.29. The Labute approximate surface area is 115 Å². The summed E-state index contributed by atoms with van der Waals surface area (Å²) >= 11 is 0. The SMILES string of the molecule is C(#CCC12C=CC(CC1)C2)COCC1COCCO1. The van der Waals surface area contributed by atoms with Crippen molar-refractivity contribution in [1.29, 1.82) is 0 Å². The lowest BCUT2D eigenvalue weighted by molar-refractivity contribution is -0.112. The monoisotopic (exact) mass is 262 g/mol. The third-order valence-corrected chi connectivity index (χ3v) is 4.33. The van der Waals surface area contributed by atoms with Crippen LogP contribution in [0.15, 0.2) is 12.2 Å². The molecule has 0 spiro atoms. The van der Waals surface area contributed by atoms with E-state index >= 15 is 0 Å². The molecule has 0 radical (unpaired) electrons. The maximum Gasteiger partial charge on any atom is 0.107 e. The van der Waals surface area contributed by atoms with E-state index < -0.39 is 0 Å². The van der Waals surface area contributed by atoms with Gasteiger partial charge in [0.1, 0.15) is 12.7 Å². The molecule has 1 saturated carbocycles. The van der Waals surface area contributed by atoms with Gasteiger partial charge in [0.25, 0.3) is 0 Å². The molecule has 19 heavy (non-hydrogen) atoms. The van der Waals surface area contributed by atoms with E-state index in [-0.39, 0.29) is 6.10 Å². The fraction of sp³-hybridized carbons (Fsp3) is 0.750. The van der Waals surface area contributed by atoms with Crippen LogP contribution in [0.2, 0.25) is 0 Å². The highest BCUT2D eigenvalue weighted by molar-refractivity contribution is 5.19. The Kier molecular flexibility index (Phi) is 4.22. The maximum absolute atomic E-state index is 5.52. The van der Waals surface area contributed by atoms with Crippen molar-refractivity contribution in [1.82, 2.24) is 0 Å². The fourth-order valence-corrected chi connectivity index (χ4v) is 3.24. The molecule has 1 aliphatic heterocycles. The molecule has 0 amide bonds. The zero-order valence-corrected chi connectivity index (χ0v) is 11.4. The Hall–Kier alpha value is -0.820. The van der Waals surface area contributed by atoms with E-state index in [1.54, 1.807) is 0 Å². The van der Waals surface area contributed by atoms with Crippen molar-refractivity contribution in [3.05, 3.63) is 12.2 Å². The average Bonchev–Trinajstić information content (AvgIpc) is 3.05. The molecule has 0 aromatic heterocycles. The average molecular weight is 262 g/mol. The zero-order valence-electron chi connectivity index (χ0n) is 11.4. The predicted octanol–water partition coefficient (Wildman–Crippen LogP) is 2.17. The van der Waals surface area contributed by atoms with Gasteiger partial charge in [-0.3, -0.25) is 0 Å². The predicted molar refractivity (Wildman–Crippen MR) is 72.7 cm³/mol. The van der Waals surface area contributed by atoms with Crippen LogP contribution in [0, 0.1) is 23.2 Å². The number of hydrogen-bond donors (Lipinski definition) is 0. The molecule has 1 saturated heterocycles. The summed E-state index contributed by atoms with van der Waals surface area (Å²) in [5.41, 5.74) is 0.401. The molecule has 3 rings (SSSR count). The van der Waals surface area contributed by atoms with E-state index in [0.29, 0.717) is 38.4 Å². The molecule has 2 bridgehead atoms. The standard InChI is InChI=1S/C16H22O3/c1(5-16-6-3-14(11-16)4-7-16)2-8-17-12-15-13-18-9-10-19-15/h3,6,14-15H,4-5,7-13H2. The normalized spacial score (nSPS) is 36.2. The minimum absolute atomic E-state index is 0.0856. The van der Waals surface area contributed by atoms with Crippen LogP contribution in [0.1, 0.15) is 25.7 Å². The first-order valence-electron chi connectivity index (χ1n) is 7.29. The van der Waals surface area contributed by atoms with Crippen LogP contribution in [0.3, 0.4) is 0 Å². The Morgan fingerprint density at radius 3 is 3.00 bits per heavy atom. The largest absolute Gasteiger partial charge is 0.376 e. The second-order valence-electron chi connectivity index (χ2n) is 5.84. The molecule has 2 aliphatic carbocycles. The maximum atomic E-state index is 5.52. The first kappa shape index (κ1) is 13.2. The number of ether oxygens (including phenoxy) is 3. The van der Waals surface area contributed by atoms with Gasteiger partial charge in [0, 0.05) is 6.42 Å². The van der Waals surface area contributed by atoms with Crippen molar-refractivity contribution in [2.45, 2.75) is 31.8 Å². The van der Waals surface area contributed by atoms with Crippen LogP contribution in [-0.4, -0.2) is 39.1 Å². The molecule has 104 valence electrons. The molecule has 3 heteroatoms. The topological polar surface area (TPSA) is 27.7 Å². The van der Waals surface area contributed by atoms with Gasteiger partial charge < -0.3 is 14.2 Å². The lowest BCUT2D eigenvalue weighted by Gasteiger charge is -2.22. The van der Waals surface area contributed by atoms with Crippen LogP contribution in [0.4, 0.5) is 0 Å². The lowest BCUT2D eigenvalue weighted by Crippen LogP contribution is -2.32. The van der Waals surface area contributed by atoms with Gasteiger partial charge in [0.15, 0.2) is 0 Å². The Morgan fingerprint density at radius 1 is 1.32 bits per heavy atom. The van der Waals surface area contributed by atoms with E-state index in [1.165, 1.54) is 19.3 Å². The Morgan fingerprint density at radius 2 is 2.32 bits per heavy atom. The third kappa shape index (κ3) is 3.39. The van der Waals surface area contributed by atoms with Gasteiger partial charge in [-0.2, -0.15) is 0 Å². The second-order valence-corrected chi connectivity index (χ2v) is 5.84. The van der Waals surface area contributed by atoms with Gasteiger partial charge in [0.05, 0.1) is 26.4 Å². The number of rotatable bonds is 4. The van der Waals surface area contributed by atoms with Crippen LogP contribution < -0.4 is 0 Å². The van der Waals surface area contributed by atoms with E-state index in [0.717, 1.165) is 12.3 Å². The van der Waals surface area contributed by atoms with E-state index in [2.05, 4.69) is 24.0 Å². The van der Waals surface area contributed by atoms with Gasteiger partial charge in [-0.25, -0.2) is 0 Å². The van der Waals surface area contributed by atoms with Crippen molar-refractivity contribution >= 4 is 0 Å². The molecule has 0 N–H and O–H groups in total. The summed E-state index contributed by atoms with van der Waals surface area (Å²) in [4.78, 5) is 0. The number of allylic oxidation sites excluding steroid dienone is 2. The lowest BCUT2D eigenvalue weighted by atomic mass is 9.84. The summed E-state index contributed by atoms with van der Waals surface area (Å²) in [6, 6.07) is 0. The highest BCUT2D eigenvalue weighted by atomic mass is 16.6. The third-order valence-electron chi connectivity index (χ3n) is 4.33. The minimum Gasteiger partial charge on any atom is -0.376 e. The molecule has 0 aromatic carbocycles. The van der Waals surface area contributed by atoms with Crippen molar-refractivity contribution in [3.63, 3.8) is 0 Å². The Bertz CT molecular complexity index is 387. The first-order chi connectivity index (χ1) is 9.36. The minimum atomic E-state index is 0.0856. The van der Waals surface area contributed by atoms with E-state index in [9.17, 15) is 0 Å². The highest BCUT2D eigenvalue weighted by Gasteiger charge is 2.39. The van der Waals surface area contributed by atoms with Crippen LogP contribution in [-0.2, 0) is 14.2 Å². The van der Waals surface area contributed by atoms with Gasteiger partial charge >= 0.3 is 0 Å². The van der Waals surface area contributed by atoms with Crippen molar-refractivity contribution < 1.29 is 14.2 Å². The van der Waals surface area contributed by atoms with Gasteiger partial charge in [0.2, 0.25) is 0 Å². The molecular weight excluding hydrogens is 240 g/mol. The summed E-state index contributed by atoms with van der Waals surface area (Å²) in [6.07, 6.45) is 9.83.